The maximum Gasteiger partial charge on any atom is 0.333 e. The van der Waals surface area contributed by atoms with Gasteiger partial charge in [-0.2, -0.15) is 0 Å². The molecular formula is C18H18BrNO4S. The van der Waals surface area contributed by atoms with Gasteiger partial charge in [0.25, 0.3) is 5.91 Å². The summed E-state index contributed by atoms with van der Waals surface area (Å²) in [5.41, 5.74) is 2.26. The highest BCUT2D eigenvalue weighted by Crippen LogP contribution is 2.37. The van der Waals surface area contributed by atoms with Crippen LogP contribution in [0.15, 0.2) is 28.1 Å². The molecule has 0 saturated heterocycles. The molecule has 1 aromatic carbocycles. The smallest absolute Gasteiger partial charge is 0.333 e. The molecule has 1 atom stereocenters. The number of ether oxygens (including phenoxy) is 2. The lowest BCUT2D eigenvalue weighted by atomic mass is 9.98. The number of fused-ring (bicyclic) bond motifs is 1. The third kappa shape index (κ3) is 3.30. The van der Waals surface area contributed by atoms with E-state index < -0.39 is 12.0 Å². The Balaban J connectivity index is 2.08. The van der Waals surface area contributed by atoms with Gasteiger partial charge in [-0.15, -0.1) is 11.3 Å². The Hall–Kier alpha value is -1.86. The molecule has 0 aliphatic carbocycles. The summed E-state index contributed by atoms with van der Waals surface area (Å²) in [6, 6.07) is 6.56. The van der Waals surface area contributed by atoms with Crippen LogP contribution in [0.5, 0.6) is 5.75 Å². The number of aryl methyl sites for hydroxylation is 1. The zero-order valence-corrected chi connectivity index (χ0v) is 16.6. The van der Waals surface area contributed by atoms with Gasteiger partial charge in [0, 0.05) is 23.4 Å². The molecule has 132 valence electrons. The third-order valence-corrected chi connectivity index (χ3v) is 5.96. The van der Waals surface area contributed by atoms with Crippen molar-refractivity contribution in [3.63, 3.8) is 0 Å². The minimum Gasteiger partial charge on any atom is -0.496 e. The Labute approximate surface area is 158 Å². The predicted molar refractivity (Wildman–Crippen MR) is 99.2 cm³/mol. The van der Waals surface area contributed by atoms with Gasteiger partial charge in [0.15, 0.2) is 6.04 Å². The lowest BCUT2D eigenvalue weighted by Gasteiger charge is -2.33. The van der Waals surface area contributed by atoms with E-state index >= 15 is 0 Å². The first-order valence-corrected chi connectivity index (χ1v) is 9.38. The highest BCUT2D eigenvalue weighted by Gasteiger charge is 2.38. The molecule has 1 aliphatic heterocycles. The number of amides is 1. The third-order valence-electron chi connectivity index (χ3n) is 4.27. The normalized spacial score (nSPS) is 14.9. The van der Waals surface area contributed by atoms with Crippen LogP contribution in [-0.4, -0.2) is 37.5 Å². The van der Waals surface area contributed by atoms with Crippen LogP contribution in [0.1, 0.15) is 32.4 Å². The second-order valence-electron chi connectivity index (χ2n) is 5.81. The number of nitrogens with zero attached hydrogens (tertiary/aromatic N) is 1. The Kier molecular flexibility index (Phi) is 5.15. The zero-order valence-electron chi connectivity index (χ0n) is 14.2. The van der Waals surface area contributed by atoms with Crippen molar-refractivity contribution in [1.82, 2.24) is 4.90 Å². The molecule has 0 N–H and O–H groups in total. The Morgan fingerprint density at radius 2 is 2.08 bits per heavy atom. The number of halogens is 1. The molecule has 0 bridgehead atoms. The molecule has 2 aromatic rings. The first kappa shape index (κ1) is 17.9. The number of hydrogen-bond donors (Lipinski definition) is 0. The van der Waals surface area contributed by atoms with Crippen molar-refractivity contribution in [3.8, 4) is 5.75 Å². The van der Waals surface area contributed by atoms with Crippen LogP contribution in [0.25, 0.3) is 0 Å². The molecular weight excluding hydrogens is 406 g/mol. The molecule has 1 aromatic heterocycles. The molecule has 0 spiro atoms. The minimum atomic E-state index is -0.834. The highest BCUT2D eigenvalue weighted by atomic mass is 79.9. The standard InChI is InChI=1S/C18H18BrNO4S/c1-10-4-5-13(23-2)11(8-10)16(18(22)24-3)20-7-6-14-12(17(20)21)9-15(19)25-14/h4-5,8-9,16H,6-7H2,1-3H3. The quantitative estimate of drug-likeness (QED) is 0.702. The summed E-state index contributed by atoms with van der Waals surface area (Å²) in [5, 5.41) is 0. The van der Waals surface area contributed by atoms with Crippen molar-refractivity contribution >= 4 is 39.1 Å². The van der Waals surface area contributed by atoms with Gasteiger partial charge < -0.3 is 14.4 Å². The van der Waals surface area contributed by atoms with Crippen LogP contribution in [0, 0.1) is 6.92 Å². The number of carbonyl (C=O) groups is 2. The van der Waals surface area contributed by atoms with Gasteiger partial charge in [0.05, 0.1) is 23.6 Å². The summed E-state index contributed by atoms with van der Waals surface area (Å²) < 4.78 is 11.3. The fourth-order valence-corrected chi connectivity index (χ4v) is 4.77. The Morgan fingerprint density at radius 1 is 1.32 bits per heavy atom. The fourth-order valence-electron chi connectivity index (χ4n) is 3.09. The number of thiophene rings is 1. The molecule has 0 fully saturated rings. The second kappa shape index (κ2) is 7.17. The highest BCUT2D eigenvalue weighted by molar-refractivity contribution is 9.11. The van der Waals surface area contributed by atoms with Crippen LogP contribution in [0.4, 0.5) is 0 Å². The van der Waals surface area contributed by atoms with Crippen LogP contribution >= 0.6 is 27.3 Å². The number of methoxy groups -OCH3 is 2. The average molecular weight is 424 g/mol. The van der Waals surface area contributed by atoms with E-state index in [1.165, 1.54) is 7.11 Å². The number of rotatable bonds is 4. The summed E-state index contributed by atoms with van der Waals surface area (Å²) in [5.74, 6) is -0.0803. The van der Waals surface area contributed by atoms with Crippen molar-refractivity contribution in [2.75, 3.05) is 20.8 Å². The van der Waals surface area contributed by atoms with Crippen LogP contribution in [0.3, 0.4) is 0 Å². The van der Waals surface area contributed by atoms with Crippen molar-refractivity contribution in [1.29, 1.82) is 0 Å². The SMILES string of the molecule is COC(=O)C(c1cc(C)ccc1OC)N1CCc2sc(Br)cc2C1=O. The average Bonchev–Trinajstić information content (AvgIpc) is 2.98. The summed E-state index contributed by atoms with van der Waals surface area (Å²) in [7, 11) is 2.88. The van der Waals surface area contributed by atoms with Gasteiger partial charge in [-0.25, -0.2) is 4.79 Å². The van der Waals surface area contributed by atoms with Crippen molar-refractivity contribution in [2.45, 2.75) is 19.4 Å². The van der Waals surface area contributed by atoms with E-state index in [4.69, 9.17) is 9.47 Å². The molecule has 7 heteroatoms. The molecule has 1 aliphatic rings. The lowest BCUT2D eigenvalue weighted by molar-refractivity contribution is -0.146. The van der Waals surface area contributed by atoms with E-state index in [9.17, 15) is 9.59 Å². The maximum absolute atomic E-state index is 13.0. The Bertz CT molecular complexity index is 832. The van der Waals surface area contributed by atoms with E-state index in [2.05, 4.69) is 15.9 Å². The first-order valence-electron chi connectivity index (χ1n) is 7.77. The van der Waals surface area contributed by atoms with Gasteiger partial charge in [-0.1, -0.05) is 11.6 Å². The molecule has 3 rings (SSSR count). The van der Waals surface area contributed by atoms with E-state index in [0.717, 1.165) is 14.2 Å². The largest absolute Gasteiger partial charge is 0.496 e. The van der Waals surface area contributed by atoms with Gasteiger partial charge in [0.1, 0.15) is 5.75 Å². The second-order valence-corrected chi connectivity index (χ2v) is 8.32. The van der Waals surface area contributed by atoms with Gasteiger partial charge in [-0.05, 0) is 41.1 Å². The van der Waals surface area contributed by atoms with Crippen LogP contribution in [0.2, 0.25) is 0 Å². The number of carbonyl (C=O) groups excluding carboxylic acids is 2. The minimum absolute atomic E-state index is 0.165. The predicted octanol–water partition coefficient (Wildman–Crippen LogP) is 3.74. The molecule has 5 nitrogen and oxygen atoms in total. The van der Waals surface area contributed by atoms with Gasteiger partial charge in [-0.3, -0.25) is 4.79 Å². The van der Waals surface area contributed by atoms with Crippen molar-refractivity contribution in [3.05, 3.63) is 49.6 Å². The van der Waals surface area contributed by atoms with E-state index in [0.29, 0.717) is 29.8 Å². The molecule has 25 heavy (non-hydrogen) atoms. The van der Waals surface area contributed by atoms with E-state index in [1.807, 2.05) is 31.2 Å². The number of benzene rings is 1. The summed E-state index contributed by atoms with van der Waals surface area (Å²) in [6.07, 6.45) is 0.707. The van der Waals surface area contributed by atoms with E-state index in [1.54, 1.807) is 23.3 Å². The molecule has 1 amide bonds. The summed E-state index contributed by atoms with van der Waals surface area (Å²) >= 11 is 4.99. The van der Waals surface area contributed by atoms with Crippen molar-refractivity contribution < 1.29 is 19.1 Å². The van der Waals surface area contributed by atoms with Crippen LogP contribution in [-0.2, 0) is 16.0 Å². The van der Waals surface area contributed by atoms with Crippen molar-refractivity contribution in [2.24, 2.45) is 0 Å². The summed E-state index contributed by atoms with van der Waals surface area (Å²) in [6.45, 7) is 2.39. The summed E-state index contributed by atoms with van der Waals surface area (Å²) in [4.78, 5) is 28.2. The fraction of sp³-hybridized carbons (Fsp3) is 0.333. The molecule has 1 unspecified atom stereocenters. The maximum atomic E-state index is 13.0. The topological polar surface area (TPSA) is 55.8 Å². The lowest BCUT2D eigenvalue weighted by Crippen LogP contribution is -2.43. The monoisotopic (exact) mass is 423 g/mol. The van der Waals surface area contributed by atoms with Gasteiger partial charge >= 0.3 is 5.97 Å². The first-order chi connectivity index (χ1) is 12.0. The molecule has 0 saturated carbocycles. The molecule has 2 heterocycles. The number of hydrogen-bond acceptors (Lipinski definition) is 5. The van der Waals surface area contributed by atoms with Gasteiger partial charge in [0.2, 0.25) is 0 Å². The number of esters is 1. The molecule has 0 radical (unpaired) electrons. The zero-order chi connectivity index (χ0) is 18.1. The Morgan fingerprint density at radius 3 is 2.76 bits per heavy atom. The van der Waals surface area contributed by atoms with E-state index in [-0.39, 0.29) is 5.91 Å². The van der Waals surface area contributed by atoms with Crippen LogP contribution < -0.4 is 4.74 Å².